The Morgan fingerprint density at radius 2 is 2.18 bits per heavy atom. The van der Waals surface area contributed by atoms with Crippen LogP contribution in [0.3, 0.4) is 0 Å². The SMILES string of the molecule is CC(CCCN)C(=O)OCc1ccccc1Cl. The van der Waals surface area contributed by atoms with Gasteiger partial charge in [-0.2, -0.15) is 0 Å². The standard InChI is InChI=1S/C13H18ClNO2/c1-10(5-4-8-15)13(16)17-9-11-6-2-3-7-12(11)14/h2-3,6-7,10H,4-5,8-9,15H2,1H3. The molecule has 0 heterocycles. The fourth-order valence-corrected chi connectivity index (χ4v) is 1.64. The molecule has 0 aromatic heterocycles. The first-order valence-electron chi connectivity index (χ1n) is 5.75. The summed E-state index contributed by atoms with van der Waals surface area (Å²) in [5.74, 6) is -0.306. The average Bonchev–Trinajstić information content (AvgIpc) is 2.34. The van der Waals surface area contributed by atoms with Crippen LogP contribution in [0.5, 0.6) is 0 Å². The molecule has 1 unspecified atom stereocenters. The minimum atomic E-state index is -0.196. The molecular formula is C13H18ClNO2. The summed E-state index contributed by atoms with van der Waals surface area (Å²) in [5.41, 5.74) is 6.22. The molecule has 0 bridgehead atoms. The molecular weight excluding hydrogens is 238 g/mol. The second-order valence-electron chi connectivity index (χ2n) is 4.03. The number of carbonyl (C=O) groups is 1. The number of esters is 1. The summed E-state index contributed by atoms with van der Waals surface area (Å²) in [6.07, 6.45) is 1.60. The molecule has 1 atom stereocenters. The maximum absolute atomic E-state index is 11.6. The molecule has 0 saturated heterocycles. The lowest BCUT2D eigenvalue weighted by Crippen LogP contribution is -2.16. The van der Waals surface area contributed by atoms with Gasteiger partial charge in [0.15, 0.2) is 0 Å². The minimum Gasteiger partial charge on any atom is -0.461 e. The van der Waals surface area contributed by atoms with Gasteiger partial charge >= 0.3 is 5.97 Å². The third-order valence-corrected chi connectivity index (χ3v) is 2.94. The van der Waals surface area contributed by atoms with Crippen molar-refractivity contribution < 1.29 is 9.53 Å². The van der Waals surface area contributed by atoms with Crippen molar-refractivity contribution in [3.8, 4) is 0 Å². The summed E-state index contributed by atoms with van der Waals surface area (Å²) < 4.78 is 5.20. The normalized spacial score (nSPS) is 12.2. The van der Waals surface area contributed by atoms with Gasteiger partial charge in [-0.15, -0.1) is 0 Å². The number of halogens is 1. The van der Waals surface area contributed by atoms with E-state index in [0.29, 0.717) is 11.6 Å². The quantitative estimate of drug-likeness (QED) is 0.796. The van der Waals surface area contributed by atoms with E-state index in [9.17, 15) is 4.79 Å². The molecule has 0 fully saturated rings. The molecule has 17 heavy (non-hydrogen) atoms. The third kappa shape index (κ3) is 4.75. The van der Waals surface area contributed by atoms with Crippen LogP contribution >= 0.6 is 11.6 Å². The number of hydrogen-bond donors (Lipinski definition) is 1. The molecule has 0 aliphatic rings. The number of rotatable bonds is 6. The van der Waals surface area contributed by atoms with Gasteiger partial charge < -0.3 is 10.5 Å². The number of hydrogen-bond acceptors (Lipinski definition) is 3. The zero-order chi connectivity index (χ0) is 12.7. The van der Waals surface area contributed by atoms with Crippen LogP contribution in [0.25, 0.3) is 0 Å². The first kappa shape index (κ1) is 14.0. The molecule has 4 heteroatoms. The highest BCUT2D eigenvalue weighted by Gasteiger charge is 2.14. The molecule has 0 aliphatic heterocycles. The average molecular weight is 256 g/mol. The van der Waals surface area contributed by atoms with E-state index in [2.05, 4.69) is 0 Å². The van der Waals surface area contributed by atoms with E-state index < -0.39 is 0 Å². The predicted molar refractivity (Wildman–Crippen MR) is 68.7 cm³/mol. The van der Waals surface area contributed by atoms with E-state index in [1.165, 1.54) is 0 Å². The van der Waals surface area contributed by atoms with Gasteiger partial charge in [-0.3, -0.25) is 4.79 Å². The number of nitrogens with two attached hydrogens (primary N) is 1. The highest BCUT2D eigenvalue weighted by Crippen LogP contribution is 2.17. The molecule has 0 amide bonds. The maximum Gasteiger partial charge on any atom is 0.308 e. The first-order valence-corrected chi connectivity index (χ1v) is 6.13. The van der Waals surface area contributed by atoms with Gasteiger partial charge in [0.05, 0.1) is 5.92 Å². The molecule has 0 radical (unpaired) electrons. The molecule has 0 spiro atoms. The Balaban J connectivity index is 2.40. The van der Waals surface area contributed by atoms with Gasteiger partial charge in [-0.1, -0.05) is 36.7 Å². The molecule has 94 valence electrons. The van der Waals surface area contributed by atoms with Gasteiger partial charge in [0.25, 0.3) is 0 Å². The Morgan fingerprint density at radius 3 is 2.82 bits per heavy atom. The Kier molecular flexibility index (Phi) is 6.01. The van der Waals surface area contributed by atoms with Crippen LogP contribution < -0.4 is 5.73 Å². The summed E-state index contributed by atoms with van der Waals surface area (Å²) in [5, 5.41) is 0.620. The maximum atomic E-state index is 11.6. The highest BCUT2D eigenvalue weighted by molar-refractivity contribution is 6.31. The van der Waals surface area contributed by atoms with Crippen LogP contribution in [0.2, 0.25) is 5.02 Å². The van der Waals surface area contributed by atoms with E-state index in [0.717, 1.165) is 18.4 Å². The number of benzene rings is 1. The Bertz CT molecular complexity index is 368. The summed E-state index contributed by atoms with van der Waals surface area (Å²) >= 11 is 5.96. The topological polar surface area (TPSA) is 52.3 Å². The van der Waals surface area contributed by atoms with E-state index in [1.807, 2.05) is 25.1 Å². The van der Waals surface area contributed by atoms with Crippen molar-refractivity contribution in [1.82, 2.24) is 0 Å². The summed E-state index contributed by atoms with van der Waals surface area (Å²) in [4.78, 5) is 11.6. The second-order valence-corrected chi connectivity index (χ2v) is 4.44. The molecule has 1 aromatic carbocycles. The van der Waals surface area contributed by atoms with E-state index >= 15 is 0 Å². The first-order chi connectivity index (χ1) is 8.15. The zero-order valence-electron chi connectivity index (χ0n) is 9.99. The number of ether oxygens (including phenoxy) is 1. The van der Waals surface area contributed by atoms with Gasteiger partial charge in [0.1, 0.15) is 6.61 Å². The van der Waals surface area contributed by atoms with Gasteiger partial charge in [0.2, 0.25) is 0 Å². The van der Waals surface area contributed by atoms with Crippen molar-refractivity contribution in [1.29, 1.82) is 0 Å². The van der Waals surface area contributed by atoms with Crippen LogP contribution in [0.1, 0.15) is 25.3 Å². The Labute approximate surface area is 107 Å². The lowest BCUT2D eigenvalue weighted by molar-refractivity contribution is -0.149. The largest absolute Gasteiger partial charge is 0.461 e. The van der Waals surface area contributed by atoms with Crippen LogP contribution in [0.4, 0.5) is 0 Å². The molecule has 0 saturated carbocycles. The van der Waals surface area contributed by atoms with E-state index in [-0.39, 0.29) is 18.5 Å². The van der Waals surface area contributed by atoms with Crippen molar-refractivity contribution in [3.63, 3.8) is 0 Å². The Morgan fingerprint density at radius 1 is 1.47 bits per heavy atom. The lowest BCUT2D eigenvalue weighted by atomic mass is 10.1. The molecule has 1 rings (SSSR count). The van der Waals surface area contributed by atoms with Crippen LogP contribution in [-0.2, 0) is 16.1 Å². The molecule has 0 aliphatic carbocycles. The smallest absolute Gasteiger partial charge is 0.308 e. The van der Waals surface area contributed by atoms with Crippen molar-refractivity contribution in [2.24, 2.45) is 11.7 Å². The zero-order valence-corrected chi connectivity index (χ0v) is 10.7. The third-order valence-electron chi connectivity index (χ3n) is 2.57. The van der Waals surface area contributed by atoms with Crippen molar-refractivity contribution in [2.45, 2.75) is 26.4 Å². The minimum absolute atomic E-state index is 0.110. The molecule has 2 N–H and O–H groups in total. The summed E-state index contributed by atoms with van der Waals surface area (Å²) in [6, 6.07) is 7.34. The predicted octanol–water partition coefficient (Wildman–Crippen LogP) is 2.76. The summed E-state index contributed by atoms with van der Waals surface area (Å²) in [6.45, 7) is 2.68. The molecule has 3 nitrogen and oxygen atoms in total. The lowest BCUT2D eigenvalue weighted by Gasteiger charge is -2.11. The van der Waals surface area contributed by atoms with Crippen molar-refractivity contribution in [3.05, 3.63) is 34.9 Å². The van der Waals surface area contributed by atoms with Crippen LogP contribution in [-0.4, -0.2) is 12.5 Å². The van der Waals surface area contributed by atoms with E-state index in [1.54, 1.807) is 6.07 Å². The monoisotopic (exact) mass is 255 g/mol. The fourth-order valence-electron chi connectivity index (χ4n) is 1.45. The Hall–Kier alpha value is -1.06. The molecule has 1 aromatic rings. The van der Waals surface area contributed by atoms with Crippen LogP contribution in [0.15, 0.2) is 24.3 Å². The second kappa shape index (κ2) is 7.30. The van der Waals surface area contributed by atoms with Crippen molar-refractivity contribution in [2.75, 3.05) is 6.54 Å². The summed E-state index contributed by atoms with van der Waals surface area (Å²) in [7, 11) is 0. The van der Waals surface area contributed by atoms with Crippen LogP contribution in [0, 0.1) is 5.92 Å². The van der Waals surface area contributed by atoms with Gasteiger partial charge in [0, 0.05) is 10.6 Å². The highest BCUT2D eigenvalue weighted by atomic mass is 35.5. The number of carbonyl (C=O) groups excluding carboxylic acids is 1. The fraction of sp³-hybridized carbons (Fsp3) is 0.462. The van der Waals surface area contributed by atoms with Gasteiger partial charge in [-0.05, 0) is 25.5 Å². The van der Waals surface area contributed by atoms with E-state index in [4.69, 9.17) is 22.1 Å². The van der Waals surface area contributed by atoms with Gasteiger partial charge in [-0.25, -0.2) is 0 Å². The van der Waals surface area contributed by atoms with Crippen molar-refractivity contribution >= 4 is 17.6 Å².